The lowest BCUT2D eigenvalue weighted by molar-refractivity contribution is -0.249. The zero-order valence-electron chi connectivity index (χ0n) is 15.4. The third kappa shape index (κ3) is 21.6. The Balaban J connectivity index is 3.02. The molecule has 0 rings (SSSR count). The molecule has 0 atom stereocenters. The Labute approximate surface area is 144 Å². The van der Waals surface area contributed by atoms with Crippen molar-refractivity contribution in [2.75, 3.05) is 19.8 Å². The third-order valence-corrected chi connectivity index (χ3v) is 4.12. The van der Waals surface area contributed by atoms with Crippen molar-refractivity contribution in [3.05, 3.63) is 12.2 Å². The molecule has 0 unspecified atom stereocenters. The molecule has 23 heavy (non-hydrogen) atoms. The number of hydrogen-bond donors (Lipinski definition) is 1. The summed E-state index contributed by atoms with van der Waals surface area (Å²) in [5.74, 6) is 0. The summed E-state index contributed by atoms with van der Waals surface area (Å²) in [4.78, 5) is 3.94. The fraction of sp³-hybridized carbons (Fsp3) is 0.900. The number of hydrogen-bond acceptors (Lipinski definition) is 3. The molecule has 138 valence electrons. The highest BCUT2D eigenvalue weighted by atomic mass is 17.1. The van der Waals surface area contributed by atoms with Crippen molar-refractivity contribution in [2.45, 2.75) is 96.8 Å². The summed E-state index contributed by atoms with van der Waals surface area (Å²) >= 11 is 0. The van der Waals surface area contributed by atoms with Gasteiger partial charge in [0.25, 0.3) is 0 Å². The fourth-order valence-corrected chi connectivity index (χ4v) is 2.65. The van der Waals surface area contributed by atoms with E-state index in [-0.39, 0.29) is 6.61 Å². The topological polar surface area (TPSA) is 38.7 Å². The monoisotopic (exact) mass is 328 g/mol. The minimum absolute atomic E-state index is 0.270. The van der Waals surface area contributed by atoms with E-state index in [4.69, 9.17) is 9.99 Å². The van der Waals surface area contributed by atoms with Gasteiger partial charge in [0.15, 0.2) is 0 Å². The van der Waals surface area contributed by atoms with Crippen LogP contribution in [0.1, 0.15) is 96.8 Å². The number of allylic oxidation sites excluding steroid dienone is 2. The Morgan fingerprint density at radius 2 is 1.13 bits per heavy atom. The first-order valence-electron chi connectivity index (χ1n) is 9.91. The van der Waals surface area contributed by atoms with Crippen molar-refractivity contribution in [1.82, 2.24) is 0 Å². The molecule has 0 bridgehead atoms. The molecule has 0 aromatic rings. The maximum absolute atomic E-state index is 8.13. The van der Waals surface area contributed by atoms with E-state index in [0.717, 1.165) is 13.0 Å². The van der Waals surface area contributed by atoms with Crippen LogP contribution in [-0.2, 0) is 9.62 Å². The summed E-state index contributed by atoms with van der Waals surface area (Å²) in [6.45, 7) is 3.81. The molecule has 0 spiro atoms. The second-order valence-corrected chi connectivity index (χ2v) is 6.38. The van der Waals surface area contributed by atoms with Gasteiger partial charge < -0.3 is 4.74 Å². The highest BCUT2D eigenvalue weighted by Gasteiger charge is 1.92. The second-order valence-electron chi connectivity index (χ2n) is 6.38. The average Bonchev–Trinajstić information content (AvgIpc) is 2.57. The van der Waals surface area contributed by atoms with Crippen LogP contribution in [0.2, 0.25) is 0 Å². The maximum atomic E-state index is 8.13. The first kappa shape index (κ1) is 22.6. The molecule has 0 fully saturated rings. The lowest BCUT2D eigenvalue weighted by atomic mass is 10.1. The van der Waals surface area contributed by atoms with Gasteiger partial charge in [-0.1, -0.05) is 76.9 Å². The van der Waals surface area contributed by atoms with Crippen molar-refractivity contribution >= 4 is 0 Å². The van der Waals surface area contributed by atoms with Gasteiger partial charge in [-0.15, -0.1) is 0 Å². The molecular formula is C20H40O3. The van der Waals surface area contributed by atoms with Crippen LogP contribution in [0, 0.1) is 0 Å². The minimum Gasteiger partial charge on any atom is -0.379 e. The van der Waals surface area contributed by atoms with Gasteiger partial charge in [-0.2, -0.15) is 0 Å². The molecule has 0 aliphatic heterocycles. The normalized spacial score (nSPS) is 11.6. The van der Waals surface area contributed by atoms with E-state index < -0.39 is 0 Å². The van der Waals surface area contributed by atoms with Crippen LogP contribution in [0.25, 0.3) is 0 Å². The summed E-state index contributed by atoms with van der Waals surface area (Å²) in [6.07, 6.45) is 23.3. The number of unbranched alkanes of at least 4 members (excludes halogenated alkanes) is 12. The Morgan fingerprint density at radius 1 is 0.609 bits per heavy atom. The number of ether oxygens (including phenoxy) is 1. The van der Waals surface area contributed by atoms with Gasteiger partial charge in [0.1, 0.15) is 6.61 Å². The molecular weight excluding hydrogens is 288 g/mol. The van der Waals surface area contributed by atoms with Crippen molar-refractivity contribution in [3.63, 3.8) is 0 Å². The van der Waals surface area contributed by atoms with Crippen LogP contribution < -0.4 is 0 Å². The smallest absolute Gasteiger partial charge is 0.105 e. The van der Waals surface area contributed by atoms with E-state index in [9.17, 15) is 0 Å². The fourth-order valence-electron chi connectivity index (χ4n) is 2.65. The van der Waals surface area contributed by atoms with Crippen molar-refractivity contribution in [2.24, 2.45) is 0 Å². The van der Waals surface area contributed by atoms with Gasteiger partial charge in [0, 0.05) is 6.61 Å². The summed E-state index contributed by atoms with van der Waals surface area (Å²) in [6, 6.07) is 0. The predicted molar refractivity (Wildman–Crippen MR) is 98.9 cm³/mol. The van der Waals surface area contributed by atoms with Crippen LogP contribution in [0.15, 0.2) is 12.2 Å². The zero-order chi connectivity index (χ0) is 16.8. The SMILES string of the molecule is CCCCCCCC/C=C\CCCCCCCCOCCOO. The quantitative estimate of drug-likeness (QED) is 0.127. The molecule has 0 radical (unpaired) electrons. The Hall–Kier alpha value is -0.380. The van der Waals surface area contributed by atoms with Crippen LogP contribution in [-0.4, -0.2) is 25.1 Å². The van der Waals surface area contributed by atoms with E-state index in [1.807, 2.05) is 0 Å². The van der Waals surface area contributed by atoms with Gasteiger partial charge in [-0.05, 0) is 32.1 Å². The van der Waals surface area contributed by atoms with Crippen molar-refractivity contribution < 1.29 is 14.9 Å². The average molecular weight is 329 g/mol. The Bertz CT molecular complexity index is 229. The molecule has 0 aromatic carbocycles. The van der Waals surface area contributed by atoms with E-state index in [0.29, 0.717) is 6.61 Å². The Kier molecular flexibility index (Phi) is 21.3. The van der Waals surface area contributed by atoms with Gasteiger partial charge in [0.05, 0.1) is 6.61 Å². The van der Waals surface area contributed by atoms with Gasteiger partial charge in [-0.25, -0.2) is 4.89 Å². The Morgan fingerprint density at radius 3 is 1.70 bits per heavy atom. The van der Waals surface area contributed by atoms with Crippen molar-refractivity contribution in [1.29, 1.82) is 0 Å². The molecule has 0 aromatic heterocycles. The van der Waals surface area contributed by atoms with Gasteiger partial charge in [0.2, 0.25) is 0 Å². The van der Waals surface area contributed by atoms with E-state index in [1.165, 1.54) is 83.5 Å². The molecule has 0 heterocycles. The predicted octanol–water partition coefficient (Wildman–Crippen LogP) is 6.53. The first-order valence-corrected chi connectivity index (χ1v) is 9.91. The molecule has 0 aliphatic carbocycles. The molecule has 3 heteroatoms. The third-order valence-electron chi connectivity index (χ3n) is 4.12. The summed E-state index contributed by atoms with van der Waals surface area (Å²) < 4.78 is 5.30. The van der Waals surface area contributed by atoms with Crippen LogP contribution in [0.4, 0.5) is 0 Å². The maximum Gasteiger partial charge on any atom is 0.105 e. The van der Waals surface area contributed by atoms with Gasteiger partial charge in [-0.3, -0.25) is 5.26 Å². The van der Waals surface area contributed by atoms with E-state index in [1.54, 1.807) is 0 Å². The molecule has 1 N–H and O–H groups in total. The summed E-state index contributed by atoms with van der Waals surface area (Å²) in [5, 5.41) is 8.13. The van der Waals surface area contributed by atoms with Crippen LogP contribution in [0.3, 0.4) is 0 Å². The summed E-state index contributed by atoms with van der Waals surface area (Å²) in [5.41, 5.74) is 0. The minimum atomic E-state index is 0.270. The van der Waals surface area contributed by atoms with Crippen LogP contribution >= 0.6 is 0 Å². The second kappa shape index (κ2) is 21.6. The first-order chi connectivity index (χ1) is 11.4. The lowest BCUT2D eigenvalue weighted by Crippen LogP contribution is -2.03. The summed E-state index contributed by atoms with van der Waals surface area (Å²) in [7, 11) is 0. The zero-order valence-corrected chi connectivity index (χ0v) is 15.4. The standard InChI is InChI=1S/C20H40O3/c1-2-3-4-5-6-7-8-9-10-11-12-13-14-15-16-17-18-22-19-20-23-21/h9-10,21H,2-8,11-20H2,1H3/b10-9-. The van der Waals surface area contributed by atoms with E-state index in [2.05, 4.69) is 24.0 Å². The molecule has 0 amide bonds. The molecule has 3 nitrogen and oxygen atoms in total. The van der Waals surface area contributed by atoms with Crippen LogP contribution in [0.5, 0.6) is 0 Å². The van der Waals surface area contributed by atoms with Gasteiger partial charge >= 0.3 is 0 Å². The highest BCUT2D eigenvalue weighted by molar-refractivity contribution is 4.81. The largest absolute Gasteiger partial charge is 0.379 e. The highest BCUT2D eigenvalue weighted by Crippen LogP contribution is 2.09. The van der Waals surface area contributed by atoms with E-state index >= 15 is 0 Å². The molecule has 0 saturated carbocycles. The number of rotatable bonds is 19. The molecule has 0 saturated heterocycles. The van der Waals surface area contributed by atoms with Crippen molar-refractivity contribution in [3.8, 4) is 0 Å². The molecule has 0 aliphatic rings. The lowest BCUT2D eigenvalue weighted by Gasteiger charge is -2.03.